The molecule has 35 heavy (non-hydrogen) atoms. The number of carbonyl (C=O) groups is 2. The second-order valence-corrected chi connectivity index (χ2v) is 9.83. The molecule has 0 saturated carbocycles. The van der Waals surface area contributed by atoms with Crippen molar-refractivity contribution in [2.75, 3.05) is 32.8 Å². The van der Waals surface area contributed by atoms with Gasteiger partial charge in [-0.1, -0.05) is 24.3 Å². The molecule has 0 unspecified atom stereocenters. The molecule has 0 spiro atoms. The van der Waals surface area contributed by atoms with E-state index < -0.39 is 0 Å². The average molecular weight is 485 g/mol. The third kappa shape index (κ3) is 6.26. The molecule has 2 aromatic carbocycles. The molecule has 7 heteroatoms. The van der Waals surface area contributed by atoms with Crippen LogP contribution in [0.25, 0.3) is 0 Å². The zero-order valence-electron chi connectivity index (χ0n) is 20.5. The van der Waals surface area contributed by atoms with Crippen molar-refractivity contribution in [3.63, 3.8) is 0 Å². The molecular formula is C28H34F2N2O3. The number of aryl methyl sites for hydroxylation is 1. The van der Waals surface area contributed by atoms with E-state index in [-0.39, 0.29) is 41.3 Å². The van der Waals surface area contributed by atoms with Crippen molar-refractivity contribution in [3.8, 4) is 0 Å². The summed E-state index contributed by atoms with van der Waals surface area (Å²) in [6.07, 6.45) is 2.19. The van der Waals surface area contributed by atoms with Gasteiger partial charge in [0.2, 0.25) is 5.91 Å². The first-order chi connectivity index (χ1) is 16.8. The lowest BCUT2D eigenvalue weighted by molar-refractivity contribution is -0.152. The van der Waals surface area contributed by atoms with Crippen molar-refractivity contribution < 1.29 is 23.1 Å². The summed E-state index contributed by atoms with van der Waals surface area (Å²) in [6.45, 7) is 6.85. The van der Waals surface area contributed by atoms with Crippen LogP contribution < -0.4 is 0 Å². The fraction of sp³-hybridized carbons (Fsp3) is 0.500. The molecule has 0 radical (unpaired) electrons. The van der Waals surface area contributed by atoms with Gasteiger partial charge in [-0.25, -0.2) is 8.78 Å². The van der Waals surface area contributed by atoms with E-state index in [9.17, 15) is 18.4 Å². The van der Waals surface area contributed by atoms with Gasteiger partial charge in [-0.2, -0.15) is 0 Å². The second kappa shape index (κ2) is 11.3. The second-order valence-electron chi connectivity index (χ2n) is 9.83. The van der Waals surface area contributed by atoms with E-state index in [0.29, 0.717) is 44.8 Å². The monoisotopic (exact) mass is 484 g/mol. The number of nitrogens with zero attached hydrogens (tertiary/aromatic N) is 2. The van der Waals surface area contributed by atoms with Crippen LogP contribution in [0, 0.1) is 30.4 Å². The summed E-state index contributed by atoms with van der Waals surface area (Å²) in [4.78, 5) is 30.0. The number of piperidine rings is 2. The SMILES string of the molecule is CCOC(=O)[C@@H]1CCCN(C(=O)[C@@H]2C[C@@H](c3ccc(F)c(C)c3)CN(Cc3ccc(F)cc3)C2)C1. The largest absolute Gasteiger partial charge is 0.466 e. The van der Waals surface area contributed by atoms with Gasteiger partial charge in [0, 0.05) is 32.7 Å². The third-order valence-corrected chi connectivity index (χ3v) is 7.20. The quantitative estimate of drug-likeness (QED) is 0.559. The summed E-state index contributed by atoms with van der Waals surface area (Å²) < 4.78 is 32.5. The highest BCUT2D eigenvalue weighted by atomic mass is 19.1. The van der Waals surface area contributed by atoms with Crippen LogP contribution >= 0.6 is 0 Å². The molecule has 2 aliphatic heterocycles. The van der Waals surface area contributed by atoms with E-state index in [1.807, 2.05) is 17.0 Å². The number of hydrogen-bond acceptors (Lipinski definition) is 4. The maximum atomic E-state index is 13.9. The standard InChI is InChI=1S/C28H34F2N2O3/c1-3-35-28(34)22-5-4-12-32(18-22)27(33)24-14-23(21-8-11-26(30)19(2)13-21)16-31(17-24)15-20-6-9-25(29)10-7-20/h6-11,13,22-24H,3-5,12,14-18H2,1-2H3/t22-,23-,24-/m1/s1. The van der Waals surface area contributed by atoms with Crippen LogP contribution in [-0.2, 0) is 20.9 Å². The van der Waals surface area contributed by atoms with E-state index in [4.69, 9.17) is 4.74 Å². The number of likely N-dealkylation sites (tertiary alicyclic amines) is 2. The highest BCUT2D eigenvalue weighted by Gasteiger charge is 2.37. The predicted molar refractivity (Wildman–Crippen MR) is 130 cm³/mol. The first-order valence-electron chi connectivity index (χ1n) is 12.5. The van der Waals surface area contributed by atoms with Crippen molar-refractivity contribution in [2.45, 2.75) is 45.6 Å². The minimum atomic E-state index is -0.277. The van der Waals surface area contributed by atoms with Crippen LogP contribution in [0.5, 0.6) is 0 Å². The molecule has 2 saturated heterocycles. The van der Waals surface area contributed by atoms with Crippen molar-refractivity contribution >= 4 is 11.9 Å². The topological polar surface area (TPSA) is 49.9 Å². The van der Waals surface area contributed by atoms with Gasteiger partial charge in [-0.05, 0) is 73.9 Å². The fourth-order valence-corrected chi connectivity index (χ4v) is 5.40. The lowest BCUT2D eigenvalue weighted by Gasteiger charge is -2.41. The van der Waals surface area contributed by atoms with Gasteiger partial charge in [0.1, 0.15) is 11.6 Å². The predicted octanol–water partition coefficient (Wildman–Crippen LogP) is 4.68. The van der Waals surface area contributed by atoms with Gasteiger partial charge in [0.25, 0.3) is 0 Å². The molecule has 2 heterocycles. The maximum absolute atomic E-state index is 13.9. The lowest BCUT2D eigenvalue weighted by atomic mass is 9.82. The average Bonchev–Trinajstić information content (AvgIpc) is 2.86. The highest BCUT2D eigenvalue weighted by molar-refractivity contribution is 5.81. The fourth-order valence-electron chi connectivity index (χ4n) is 5.40. The van der Waals surface area contributed by atoms with Gasteiger partial charge in [0.05, 0.1) is 18.4 Å². The molecule has 0 bridgehead atoms. The van der Waals surface area contributed by atoms with Gasteiger partial charge >= 0.3 is 5.97 Å². The zero-order chi connectivity index (χ0) is 24.9. The smallest absolute Gasteiger partial charge is 0.310 e. The first kappa shape index (κ1) is 25.3. The molecule has 188 valence electrons. The number of esters is 1. The Morgan fingerprint density at radius 3 is 2.51 bits per heavy atom. The number of halogens is 2. The van der Waals surface area contributed by atoms with Gasteiger partial charge in [-0.15, -0.1) is 0 Å². The molecule has 5 nitrogen and oxygen atoms in total. The molecule has 3 atom stereocenters. The minimum Gasteiger partial charge on any atom is -0.466 e. The Morgan fingerprint density at radius 2 is 1.80 bits per heavy atom. The molecule has 0 N–H and O–H groups in total. The number of carbonyl (C=O) groups excluding carboxylic acids is 2. The summed E-state index contributed by atoms with van der Waals surface area (Å²) in [7, 11) is 0. The van der Waals surface area contributed by atoms with Crippen molar-refractivity contribution in [1.82, 2.24) is 9.80 Å². The summed E-state index contributed by atoms with van der Waals surface area (Å²) in [6, 6.07) is 11.6. The summed E-state index contributed by atoms with van der Waals surface area (Å²) in [5, 5.41) is 0. The third-order valence-electron chi connectivity index (χ3n) is 7.20. The molecule has 2 aromatic rings. The van der Waals surface area contributed by atoms with E-state index in [1.54, 1.807) is 26.0 Å². The Kier molecular flexibility index (Phi) is 8.16. The van der Waals surface area contributed by atoms with E-state index in [2.05, 4.69) is 4.90 Å². The molecule has 1 amide bonds. The van der Waals surface area contributed by atoms with Crippen molar-refractivity contribution in [3.05, 3.63) is 70.8 Å². The van der Waals surface area contributed by atoms with Crippen LogP contribution in [0.3, 0.4) is 0 Å². The number of rotatable bonds is 6. The summed E-state index contributed by atoms with van der Waals surface area (Å²) in [5.74, 6) is -1.12. The Labute approximate surface area is 206 Å². The summed E-state index contributed by atoms with van der Waals surface area (Å²) >= 11 is 0. The van der Waals surface area contributed by atoms with Crippen molar-refractivity contribution in [1.29, 1.82) is 0 Å². The molecule has 2 aliphatic rings. The zero-order valence-corrected chi connectivity index (χ0v) is 20.5. The molecule has 0 aliphatic carbocycles. The molecule has 0 aromatic heterocycles. The molecular weight excluding hydrogens is 450 g/mol. The minimum absolute atomic E-state index is 0.0617. The highest BCUT2D eigenvalue weighted by Crippen LogP contribution is 2.34. The lowest BCUT2D eigenvalue weighted by Crippen LogP contribution is -2.50. The number of benzene rings is 2. The number of ether oxygens (including phenoxy) is 1. The molecule has 2 fully saturated rings. The Morgan fingerprint density at radius 1 is 1.03 bits per heavy atom. The van der Waals surface area contributed by atoms with Crippen LogP contribution in [0.1, 0.15) is 48.8 Å². The van der Waals surface area contributed by atoms with Gasteiger partial charge in [-0.3, -0.25) is 14.5 Å². The number of hydrogen-bond donors (Lipinski definition) is 0. The molecule has 4 rings (SSSR count). The first-order valence-corrected chi connectivity index (χ1v) is 12.5. The van der Waals surface area contributed by atoms with Crippen LogP contribution in [0.15, 0.2) is 42.5 Å². The van der Waals surface area contributed by atoms with Crippen LogP contribution in [0.4, 0.5) is 8.78 Å². The normalized spacial score (nSPS) is 23.2. The van der Waals surface area contributed by atoms with Crippen LogP contribution in [0.2, 0.25) is 0 Å². The van der Waals surface area contributed by atoms with Gasteiger partial charge < -0.3 is 9.64 Å². The van der Waals surface area contributed by atoms with Crippen LogP contribution in [-0.4, -0.2) is 54.5 Å². The van der Waals surface area contributed by atoms with Crippen molar-refractivity contribution in [2.24, 2.45) is 11.8 Å². The van der Waals surface area contributed by atoms with Gasteiger partial charge in [0.15, 0.2) is 0 Å². The van der Waals surface area contributed by atoms with E-state index in [0.717, 1.165) is 30.5 Å². The van der Waals surface area contributed by atoms with E-state index in [1.165, 1.54) is 18.2 Å². The Hall–Kier alpha value is -2.80. The maximum Gasteiger partial charge on any atom is 0.310 e. The van der Waals surface area contributed by atoms with E-state index >= 15 is 0 Å². The number of amides is 1. The Bertz CT molecular complexity index is 1040. The Balaban J connectivity index is 1.53. The summed E-state index contributed by atoms with van der Waals surface area (Å²) in [5.41, 5.74) is 2.59.